The van der Waals surface area contributed by atoms with Crippen LogP contribution in [0.15, 0.2) is 65.6 Å². The summed E-state index contributed by atoms with van der Waals surface area (Å²) in [4.78, 5) is 15.9. The van der Waals surface area contributed by atoms with Crippen molar-refractivity contribution in [1.29, 1.82) is 0 Å². The van der Waals surface area contributed by atoms with Crippen molar-refractivity contribution in [2.75, 3.05) is 10.8 Å². The van der Waals surface area contributed by atoms with E-state index in [2.05, 4.69) is 9.72 Å². The highest BCUT2D eigenvalue weighted by atomic mass is 32.2. The summed E-state index contributed by atoms with van der Waals surface area (Å²) in [5, 5.41) is 9.59. The maximum Gasteiger partial charge on any atom is 0.388 e. The largest absolute Gasteiger partial charge is 0.486 e. The average Bonchev–Trinajstić information content (AvgIpc) is 2.82. The Kier molecular flexibility index (Phi) is 7.09. The normalized spacial score (nSPS) is 15.7. The Labute approximate surface area is 213 Å². The minimum atomic E-state index is -4.07. The molecule has 0 bridgehead atoms. The molecule has 1 aliphatic heterocycles. The third-order valence-corrected chi connectivity index (χ3v) is 7.79. The average molecular weight is 533 g/mol. The summed E-state index contributed by atoms with van der Waals surface area (Å²) < 4.78 is 64.6. The van der Waals surface area contributed by atoms with Gasteiger partial charge in [-0.25, -0.2) is 13.4 Å². The van der Waals surface area contributed by atoms with Crippen molar-refractivity contribution in [3.63, 3.8) is 0 Å². The molecule has 11 heteroatoms. The molecule has 37 heavy (non-hydrogen) atoms. The molecule has 3 aromatic rings. The minimum absolute atomic E-state index is 0.0674. The molecule has 2 heterocycles. The van der Waals surface area contributed by atoms with Crippen molar-refractivity contribution in [1.82, 2.24) is 4.98 Å². The number of rotatable bonds is 8. The molecule has 4 rings (SSSR count). The number of benzene rings is 2. The molecule has 0 amide bonds. The third-order valence-electron chi connectivity index (χ3n) is 6.01. The Morgan fingerprint density at radius 3 is 2.59 bits per heavy atom. The zero-order chi connectivity index (χ0) is 27.0. The molecule has 2 aromatic carbocycles. The first kappa shape index (κ1) is 26.3. The molecular formula is C26H26F2N2O6S. The number of carboxylic acid groups (broad SMARTS) is 1. The van der Waals surface area contributed by atoms with Crippen molar-refractivity contribution in [2.45, 2.75) is 44.8 Å². The van der Waals surface area contributed by atoms with Gasteiger partial charge in [0, 0.05) is 18.1 Å². The van der Waals surface area contributed by atoms with Crippen molar-refractivity contribution in [3.05, 3.63) is 66.2 Å². The Balaban J connectivity index is 1.80. The van der Waals surface area contributed by atoms with E-state index in [1.165, 1.54) is 22.5 Å². The highest BCUT2D eigenvalue weighted by Crippen LogP contribution is 2.41. The molecule has 0 fully saturated rings. The topological polar surface area (TPSA) is 106 Å². The number of aliphatic carboxylic acids is 1. The van der Waals surface area contributed by atoms with E-state index in [0.717, 1.165) is 5.56 Å². The Bertz CT molecular complexity index is 1430. The van der Waals surface area contributed by atoms with Crippen LogP contribution in [-0.4, -0.2) is 43.7 Å². The highest BCUT2D eigenvalue weighted by molar-refractivity contribution is 7.92. The number of hydrogen-bond donors (Lipinski definition) is 1. The van der Waals surface area contributed by atoms with Gasteiger partial charge in [-0.1, -0.05) is 18.2 Å². The number of fused-ring (bicyclic) bond motifs is 1. The predicted octanol–water partition coefficient (Wildman–Crippen LogP) is 5.12. The van der Waals surface area contributed by atoms with Crippen LogP contribution >= 0.6 is 0 Å². The van der Waals surface area contributed by atoms with Crippen LogP contribution in [0.1, 0.15) is 25.8 Å². The van der Waals surface area contributed by atoms with Gasteiger partial charge in [0.15, 0.2) is 0 Å². The fourth-order valence-corrected chi connectivity index (χ4v) is 5.70. The fourth-order valence-electron chi connectivity index (χ4n) is 4.10. The maximum atomic E-state index is 13.8. The SMILES string of the molecule is Cc1cccc(S(=O)(=O)N2C[C@H](CC(C)(C)C(=O)O)Oc3ccc(-c4cccc(OC(F)F)n4)cc32)c1. The van der Waals surface area contributed by atoms with Crippen LogP contribution in [0, 0.1) is 12.3 Å². The summed E-state index contributed by atoms with van der Waals surface area (Å²) in [5.74, 6) is -1.05. The summed E-state index contributed by atoms with van der Waals surface area (Å²) in [5.41, 5.74) is 0.576. The number of ether oxygens (including phenoxy) is 2. The number of anilines is 1. The molecule has 1 aromatic heterocycles. The van der Waals surface area contributed by atoms with E-state index < -0.39 is 34.1 Å². The third kappa shape index (κ3) is 5.66. The van der Waals surface area contributed by atoms with Gasteiger partial charge in [-0.2, -0.15) is 8.78 Å². The van der Waals surface area contributed by atoms with Gasteiger partial charge in [0.25, 0.3) is 10.0 Å². The zero-order valence-electron chi connectivity index (χ0n) is 20.4. The summed E-state index contributed by atoms with van der Waals surface area (Å²) in [6.07, 6.45) is -0.664. The molecule has 0 saturated heterocycles. The van der Waals surface area contributed by atoms with Crippen LogP contribution in [0.25, 0.3) is 11.3 Å². The van der Waals surface area contributed by atoms with Gasteiger partial charge in [0.2, 0.25) is 5.88 Å². The summed E-state index contributed by atoms with van der Waals surface area (Å²) >= 11 is 0. The second-order valence-corrected chi connectivity index (χ2v) is 11.3. The van der Waals surface area contributed by atoms with E-state index >= 15 is 0 Å². The number of pyridine rings is 1. The quantitative estimate of drug-likeness (QED) is 0.429. The molecule has 1 atom stereocenters. The second kappa shape index (κ2) is 9.97. The monoisotopic (exact) mass is 532 g/mol. The first-order chi connectivity index (χ1) is 17.4. The molecule has 1 aliphatic rings. The number of aryl methyl sites for hydroxylation is 1. The Morgan fingerprint density at radius 1 is 1.19 bits per heavy atom. The molecule has 196 valence electrons. The number of carbonyl (C=O) groups is 1. The fraction of sp³-hybridized carbons (Fsp3) is 0.308. The van der Waals surface area contributed by atoms with Crippen LogP contribution in [0.4, 0.5) is 14.5 Å². The van der Waals surface area contributed by atoms with Crippen LogP contribution in [0.5, 0.6) is 11.6 Å². The molecule has 0 radical (unpaired) electrons. The van der Waals surface area contributed by atoms with Crippen LogP contribution in [-0.2, 0) is 14.8 Å². The summed E-state index contributed by atoms with van der Waals surface area (Å²) in [7, 11) is -4.07. The van der Waals surface area contributed by atoms with Gasteiger partial charge >= 0.3 is 12.6 Å². The lowest BCUT2D eigenvalue weighted by Gasteiger charge is -2.37. The van der Waals surface area contributed by atoms with Gasteiger partial charge < -0.3 is 14.6 Å². The van der Waals surface area contributed by atoms with Crippen LogP contribution < -0.4 is 13.8 Å². The zero-order valence-corrected chi connectivity index (χ0v) is 21.2. The number of alkyl halides is 2. The van der Waals surface area contributed by atoms with Gasteiger partial charge in [-0.3, -0.25) is 9.10 Å². The number of sulfonamides is 1. The molecule has 0 saturated carbocycles. The van der Waals surface area contributed by atoms with E-state index in [1.54, 1.807) is 63.2 Å². The molecular weight excluding hydrogens is 506 g/mol. The number of hydrogen-bond acceptors (Lipinski definition) is 6. The van der Waals surface area contributed by atoms with Crippen LogP contribution in [0.2, 0.25) is 0 Å². The summed E-state index contributed by atoms with van der Waals surface area (Å²) in [6, 6.07) is 15.6. The van der Waals surface area contributed by atoms with E-state index in [-0.39, 0.29) is 35.2 Å². The van der Waals surface area contributed by atoms with Gasteiger partial charge in [-0.05, 0) is 62.7 Å². The maximum absolute atomic E-state index is 13.8. The van der Waals surface area contributed by atoms with Crippen molar-refractivity contribution in [2.24, 2.45) is 5.41 Å². The predicted molar refractivity (Wildman–Crippen MR) is 132 cm³/mol. The second-order valence-electron chi connectivity index (χ2n) is 9.41. The molecule has 0 unspecified atom stereocenters. The molecule has 1 N–H and O–H groups in total. The lowest BCUT2D eigenvalue weighted by Crippen LogP contribution is -2.46. The number of carboxylic acids is 1. The molecule has 0 spiro atoms. The smallest absolute Gasteiger partial charge is 0.388 e. The number of halogens is 2. The first-order valence-corrected chi connectivity index (χ1v) is 12.9. The molecule has 8 nitrogen and oxygen atoms in total. The number of nitrogens with zero attached hydrogens (tertiary/aromatic N) is 2. The van der Waals surface area contributed by atoms with Crippen molar-refractivity contribution in [3.8, 4) is 22.9 Å². The van der Waals surface area contributed by atoms with E-state index in [1.807, 2.05) is 0 Å². The van der Waals surface area contributed by atoms with E-state index in [4.69, 9.17) is 4.74 Å². The van der Waals surface area contributed by atoms with Gasteiger partial charge in [-0.15, -0.1) is 0 Å². The van der Waals surface area contributed by atoms with Gasteiger partial charge in [0.1, 0.15) is 11.9 Å². The van der Waals surface area contributed by atoms with Crippen molar-refractivity contribution < 1.29 is 36.6 Å². The standard InChI is InChI=1S/C26H26F2N2O6S/c1-16-6-4-7-19(12-16)37(33,34)30-15-18(14-26(2,3)24(31)32)35-22-11-10-17(13-21(22)30)20-8-5-9-23(29-20)36-25(27)28/h4-13,18,25H,14-15H2,1-3H3,(H,31,32)/t18-/m0/s1. The van der Waals surface area contributed by atoms with E-state index in [9.17, 15) is 27.1 Å². The van der Waals surface area contributed by atoms with Crippen molar-refractivity contribution >= 4 is 21.7 Å². The molecule has 0 aliphatic carbocycles. The highest BCUT2D eigenvalue weighted by Gasteiger charge is 2.39. The first-order valence-electron chi connectivity index (χ1n) is 11.4. The Morgan fingerprint density at radius 2 is 1.92 bits per heavy atom. The minimum Gasteiger partial charge on any atom is -0.486 e. The van der Waals surface area contributed by atoms with Gasteiger partial charge in [0.05, 0.1) is 28.2 Å². The summed E-state index contributed by atoms with van der Waals surface area (Å²) in [6.45, 7) is 1.73. The van der Waals surface area contributed by atoms with Crippen LogP contribution in [0.3, 0.4) is 0 Å². The Hall–Kier alpha value is -3.73. The number of aromatic nitrogens is 1. The lowest BCUT2D eigenvalue weighted by molar-refractivity contribution is -0.148. The lowest BCUT2D eigenvalue weighted by atomic mass is 9.86. The van der Waals surface area contributed by atoms with E-state index in [0.29, 0.717) is 11.3 Å².